The van der Waals surface area contributed by atoms with E-state index in [1.54, 1.807) is 6.20 Å². The lowest BCUT2D eigenvalue weighted by molar-refractivity contribution is 0.840. The van der Waals surface area contributed by atoms with E-state index in [9.17, 15) is 4.79 Å². The molecule has 0 unspecified atom stereocenters. The van der Waals surface area contributed by atoms with Crippen LogP contribution in [0.5, 0.6) is 0 Å². The van der Waals surface area contributed by atoms with Crippen LogP contribution in [0.1, 0.15) is 5.56 Å². The molecule has 0 radical (unpaired) electrons. The van der Waals surface area contributed by atoms with E-state index in [1.807, 2.05) is 24.3 Å². The lowest BCUT2D eigenvalue weighted by Crippen LogP contribution is -2.17. The van der Waals surface area contributed by atoms with Crippen LogP contribution in [0, 0.1) is 0 Å². The highest BCUT2D eigenvalue weighted by Crippen LogP contribution is 2.22. The molecule has 0 aliphatic rings. The number of benzene rings is 1. The Kier molecular flexibility index (Phi) is 2.42. The van der Waals surface area contributed by atoms with Crippen LogP contribution < -0.4 is 11.4 Å². The van der Waals surface area contributed by atoms with Crippen LogP contribution in [0.25, 0.3) is 16.8 Å². The highest BCUT2D eigenvalue weighted by molar-refractivity contribution is 5.76. The molecular formula is C12H11N5O. The number of hydrogen-bond donors (Lipinski definition) is 2. The minimum atomic E-state index is -0.301. The van der Waals surface area contributed by atoms with Gasteiger partial charge in [-0.1, -0.05) is 24.3 Å². The van der Waals surface area contributed by atoms with Crippen molar-refractivity contribution in [1.82, 2.24) is 19.6 Å². The number of rotatable bonds is 2. The highest BCUT2D eigenvalue weighted by Gasteiger charge is 2.09. The summed E-state index contributed by atoms with van der Waals surface area (Å²) in [6.07, 6.45) is 3.01. The first kappa shape index (κ1) is 10.7. The van der Waals surface area contributed by atoms with Gasteiger partial charge in [-0.05, 0) is 11.1 Å². The zero-order chi connectivity index (χ0) is 12.5. The van der Waals surface area contributed by atoms with Crippen molar-refractivity contribution in [2.45, 2.75) is 6.54 Å². The van der Waals surface area contributed by atoms with Crippen LogP contribution in [-0.4, -0.2) is 19.6 Å². The van der Waals surface area contributed by atoms with Gasteiger partial charge in [0.25, 0.3) is 0 Å². The second kappa shape index (κ2) is 4.08. The summed E-state index contributed by atoms with van der Waals surface area (Å²) in [5, 5.41) is 4.02. The van der Waals surface area contributed by atoms with Crippen LogP contribution in [0.2, 0.25) is 0 Å². The standard InChI is InChI=1S/C12H11N5O/c13-5-8-1-3-9(4-2-8)10-6-16-17-11(10)14-7-15-12(17)18/h1-4,6-7H,5,13H2,(H,14,15,18). The number of nitrogens with one attached hydrogen (secondary N) is 1. The van der Waals surface area contributed by atoms with Gasteiger partial charge < -0.3 is 5.73 Å². The van der Waals surface area contributed by atoms with Crippen LogP contribution in [0.15, 0.2) is 41.6 Å². The lowest BCUT2D eigenvalue weighted by Gasteiger charge is -2.00. The molecule has 0 saturated heterocycles. The molecule has 0 saturated carbocycles. The number of fused-ring (bicyclic) bond motifs is 1. The monoisotopic (exact) mass is 241 g/mol. The van der Waals surface area contributed by atoms with Crippen LogP contribution in [0.3, 0.4) is 0 Å². The normalized spacial score (nSPS) is 10.9. The maximum absolute atomic E-state index is 11.5. The minimum Gasteiger partial charge on any atom is -0.326 e. The maximum atomic E-state index is 11.5. The zero-order valence-electron chi connectivity index (χ0n) is 9.50. The molecule has 18 heavy (non-hydrogen) atoms. The summed E-state index contributed by atoms with van der Waals surface area (Å²) >= 11 is 0. The SMILES string of the molecule is NCc1ccc(-c2cnn3c(=O)[nH]cnc23)cc1. The smallest absolute Gasteiger partial charge is 0.326 e. The van der Waals surface area contributed by atoms with Crippen molar-refractivity contribution in [3.63, 3.8) is 0 Å². The summed E-state index contributed by atoms with van der Waals surface area (Å²) in [4.78, 5) is 18.1. The van der Waals surface area contributed by atoms with Crippen molar-refractivity contribution in [2.75, 3.05) is 0 Å². The van der Waals surface area contributed by atoms with Crippen LogP contribution in [0.4, 0.5) is 0 Å². The summed E-state index contributed by atoms with van der Waals surface area (Å²) in [5.41, 5.74) is 8.63. The Morgan fingerprint density at radius 2 is 2.06 bits per heavy atom. The average molecular weight is 241 g/mol. The predicted octanol–water partition coefficient (Wildman–Crippen LogP) is 0.543. The Bertz CT molecular complexity index is 741. The third-order valence-corrected chi connectivity index (χ3v) is 2.81. The average Bonchev–Trinajstić information content (AvgIpc) is 2.84. The van der Waals surface area contributed by atoms with E-state index in [1.165, 1.54) is 10.8 Å². The number of nitrogens with two attached hydrogens (primary N) is 1. The van der Waals surface area contributed by atoms with Crippen molar-refractivity contribution in [3.05, 3.63) is 52.8 Å². The molecular weight excluding hydrogens is 230 g/mol. The first-order chi connectivity index (χ1) is 8.79. The molecule has 90 valence electrons. The number of aromatic nitrogens is 4. The topological polar surface area (TPSA) is 89.1 Å². The van der Waals surface area contributed by atoms with Crippen LogP contribution >= 0.6 is 0 Å². The fourth-order valence-electron chi connectivity index (χ4n) is 1.85. The molecule has 2 heterocycles. The fraction of sp³-hybridized carbons (Fsp3) is 0.0833. The third kappa shape index (κ3) is 1.59. The molecule has 0 amide bonds. The fourth-order valence-corrected chi connectivity index (χ4v) is 1.85. The summed E-state index contributed by atoms with van der Waals surface area (Å²) in [6, 6.07) is 7.79. The molecule has 6 nitrogen and oxygen atoms in total. The maximum Gasteiger partial charge on any atom is 0.349 e. The molecule has 3 aromatic rings. The van der Waals surface area contributed by atoms with E-state index in [4.69, 9.17) is 5.73 Å². The van der Waals surface area contributed by atoms with Gasteiger partial charge in [-0.3, -0.25) is 4.98 Å². The van der Waals surface area contributed by atoms with Gasteiger partial charge in [-0.2, -0.15) is 9.61 Å². The summed E-state index contributed by atoms with van der Waals surface area (Å²) in [7, 11) is 0. The van der Waals surface area contributed by atoms with Crippen molar-refractivity contribution >= 4 is 5.65 Å². The Morgan fingerprint density at radius 3 is 2.78 bits per heavy atom. The molecule has 0 fully saturated rings. The van der Waals surface area contributed by atoms with Crippen molar-refractivity contribution in [2.24, 2.45) is 5.73 Å². The largest absolute Gasteiger partial charge is 0.349 e. The number of aromatic amines is 1. The van der Waals surface area contributed by atoms with E-state index in [0.29, 0.717) is 12.2 Å². The third-order valence-electron chi connectivity index (χ3n) is 2.81. The first-order valence-corrected chi connectivity index (χ1v) is 5.50. The number of H-pyrrole nitrogens is 1. The molecule has 0 spiro atoms. The quantitative estimate of drug-likeness (QED) is 0.685. The Balaban J connectivity index is 2.19. The molecule has 6 heteroatoms. The van der Waals surface area contributed by atoms with Gasteiger partial charge in [0.1, 0.15) is 0 Å². The molecule has 0 bridgehead atoms. The molecule has 3 rings (SSSR count). The van der Waals surface area contributed by atoms with E-state index >= 15 is 0 Å². The summed E-state index contributed by atoms with van der Waals surface area (Å²) in [6.45, 7) is 0.507. The highest BCUT2D eigenvalue weighted by atomic mass is 16.1. The van der Waals surface area contributed by atoms with E-state index < -0.39 is 0 Å². The van der Waals surface area contributed by atoms with Gasteiger partial charge in [-0.15, -0.1) is 0 Å². The van der Waals surface area contributed by atoms with Crippen molar-refractivity contribution in [3.8, 4) is 11.1 Å². The summed E-state index contributed by atoms with van der Waals surface area (Å²) in [5.74, 6) is 0. The van der Waals surface area contributed by atoms with Gasteiger partial charge in [0.2, 0.25) is 0 Å². The molecule has 3 N–H and O–H groups in total. The van der Waals surface area contributed by atoms with Gasteiger partial charge in [0.15, 0.2) is 5.65 Å². The van der Waals surface area contributed by atoms with Gasteiger partial charge in [0.05, 0.1) is 12.5 Å². The molecule has 0 aliphatic carbocycles. The molecule has 0 aliphatic heterocycles. The van der Waals surface area contributed by atoms with Crippen molar-refractivity contribution in [1.29, 1.82) is 0 Å². The lowest BCUT2D eigenvalue weighted by atomic mass is 10.1. The first-order valence-electron chi connectivity index (χ1n) is 5.50. The second-order valence-corrected chi connectivity index (χ2v) is 3.90. The zero-order valence-corrected chi connectivity index (χ0v) is 9.50. The van der Waals surface area contributed by atoms with E-state index in [-0.39, 0.29) is 5.69 Å². The second-order valence-electron chi connectivity index (χ2n) is 3.90. The van der Waals surface area contributed by atoms with E-state index in [2.05, 4.69) is 15.1 Å². The minimum absolute atomic E-state index is 0.301. The number of nitrogens with zero attached hydrogens (tertiary/aromatic N) is 3. The van der Waals surface area contributed by atoms with Gasteiger partial charge in [-0.25, -0.2) is 9.78 Å². The Labute approximate surface area is 102 Å². The molecule has 1 aromatic carbocycles. The van der Waals surface area contributed by atoms with E-state index in [0.717, 1.165) is 16.7 Å². The molecule has 2 aromatic heterocycles. The molecule has 0 atom stereocenters. The van der Waals surface area contributed by atoms with Gasteiger partial charge >= 0.3 is 5.69 Å². The number of hydrogen-bond acceptors (Lipinski definition) is 4. The van der Waals surface area contributed by atoms with Crippen LogP contribution in [-0.2, 0) is 6.54 Å². The Hall–Kier alpha value is -2.47. The predicted molar refractivity (Wildman–Crippen MR) is 66.9 cm³/mol. The Morgan fingerprint density at radius 1 is 1.28 bits per heavy atom. The van der Waals surface area contributed by atoms with Gasteiger partial charge in [0, 0.05) is 12.1 Å². The summed E-state index contributed by atoms with van der Waals surface area (Å²) < 4.78 is 1.24. The van der Waals surface area contributed by atoms with Crippen molar-refractivity contribution < 1.29 is 0 Å².